The fourth-order valence-electron chi connectivity index (χ4n) is 3.30. The van der Waals surface area contributed by atoms with Gasteiger partial charge in [-0.25, -0.2) is 4.79 Å². The topological polar surface area (TPSA) is 84.4 Å². The molecule has 0 radical (unpaired) electrons. The summed E-state index contributed by atoms with van der Waals surface area (Å²) in [4.78, 5) is 36.8. The summed E-state index contributed by atoms with van der Waals surface area (Å²) in [6.07, 6.45) is 1.71. The van der Waals surface area contributed by atoms with Gasteiger partial charge in [0.05, 0.1) is 0 Å². The fraction of sp³-hybridized carbons (Fsp3) is 0.524. The molecule has 2 aromatic heterocycles. The molecule has 1 atom stereocenters. The van der Waals surface area contributed by atoms with Crippen molar-refractivity contribution in [3.05, 3.63) is 34.6 Å². The average Bonchev–Trinajstić information content (AvgIpc) is 3.17. The van der Waals surface area contributed by atoms with Crippen LogP contribution in [0.2, 0.25) is 5.82 Å². The number of nitrogens with zero attached hydrogens (tertiary/aromatic N) is 3. The average molecular weight is 496 g/mol. The Morgan fingerprint density at radius 3 is 2.67 bits per heavy atom. The molecule has 7 nitrogen and oxygen atoms in total. The Bertz CT molecular complexity index is 921. The zero-order chi connectivity index (χ0) is 22.1. The van der Waals surface area contributed by atoms with Gasteiger partial charge in [0.15, 0.2) is 0 Å². The quantitative estimate of drug-likeness (QED) is 0.642. The van der Waals surface area contributed by atoms with Crippen LogP contribution in [-0.4, -0.2) is 47.4 Å². The molecule has 1 aliphatic heterocycles. The molecule has 0 fully saturated rings. The van der Waals surface area contributed by atoms with E-state index < -0.39 is 5.60 Å². The van der Waals surface area contributed by atoms with Gasteiger partial charge in [-0.15, -0.1) is 0 Å². The van der Waals surface area contributed by atoms with E-state index in [1.54, 1.807) is 4.90 Å². The molecule has 2 aromatic rings. The van der Waals surface area contributed by atoms with Crippen LogP contribution in [0.1, 0.15) is 56.9 Å². The molecule has 162 valence electrons. The first-order valence-corrected chi connectivity index (χ1v) is 13.2. The van der Waals surface area contributed by atoms with Gasteiger partial charge in [-0.05, 0) is 20.8 Å². The predicted octanol–water partition coefficient (Wildman–Crippen LogP) is 3.54. The monoisotopic (exact) mass is 496 g/mol. The van der Waals surface area contributed by atoms with Crippen molar-refractivity contribution in [3.8, 4) is 0 Å². The van der Waals surface area contributed by atoms with Gasteiger partial charge in [0.1, 0.15) is 5.60 Å². The van der Waals surface area contributed by atoms with Gasteiger partial charge in [0.25, 0.3) is 0 Å². The second-order valence-corrected chi connectivity index (χ2v) is 11.5. The third-order valence-corrected chi connectivity index (χ3v) is 7.01. The van der Waals surface area contributed by atoms with E-state index in [0.29, 0.717) is 26.6 Å². The van der Waals surface area contributed by atoms with Crippen molar-refractivity contribution in [1.82, 2.24) is 14.9 Å². The Labute approximate surface area is 187 Å². The minimum atomic E-state index is -0.550. The van der Waals surface area contributed by atoms with Crippen molar-refractivity contribution in [1.29, 1.82) is 0 Å². The minimum absolute atomic E-state index is 0.144. The van der Waals surface area contributed by atoms with Crippen molar-refractivity contribution >= 4 is 47.9 Å². The van der Waals surface area contributed by atoms with E-state index in [1.807, 2.05) is 39.1 Å². The van der Waals surface area contributed by atoms with Crippen LogP contribution in [0.4, 0.5) is 9.93 Å². The van der Waals surface area contributed by atoms with Gasteiger partial charge in [0, 0.05) is 0 Å². The molecular formula is C21H28N4O3SSe. The van der Waals surface area contributed by atoms with Crippen LogP contribution in [0.5, 0.6) is 0 Å². The summed E-state index contributed by atoms with van der Waals surface area (Å²) in [6, 6.07) is 3.75. The zero-order valence-corrected chi connectivity index (χ0v) is 20.7. The number of thiazole rings is 1. The number of carbonyl (C=O) groups is 2. The molecule has 1 aliphatic rings. The van der Waals surface area contributed by atoms with E-state index in [2.05, 4.69) is 35.0 Å². The Hall–Kier alpha value is -1.96. The molecule has 0 saturated heterocycles. The number of ether oxygens (including phenoxy) is 1. The van der Waals surface area contributed by atoms with Crippen LogP contribution in [0.25, 0.3) is 0 Å². The van der Waals surface area contributed by atoms with Crippen LogP contribution in [0.15, 0.2) is 18.3 Å². The molecule has 9 heteroatoms. The van der Waals surface area contributed by atoms with Crippen molar-refractivity contribution in [3.63, 3.8) is 0 Å². The summed E-state index contributed by atoms with van der Waals surface area (Å²) in [5.41, 5.74) is 1.04. The first kappa shape index (κ1) is 22.7. The summed E-state index contributed by atoms with van der Waals surface area (Å²) < 4.78 is 6.77. The van der Waals surface area contributed by atoms with Crippen LogP contribution < -0.4 is 9.78 Å². The third kappa shape index (κ3) is 5.39. The molecular weight excluding hydrogens is 467 g/mol. The van der Waals surface area contributed by atoms with Gasteiger partial charge in [0.2, 0.25) is 0 Å². The van der Waals surface area contributed by atoms with E-state index in [4.69, 9.17) is 4.74 Å². The van der Waals surface area contributed by atoms with Crippen molar-refractivity contribution in [2.75, 3.05) is 5.32 Å². The van der Waals surface area contributed by atoms with Crippen LogP contribution in [-0.2, 0) is 22.5 Å². The van der Waals surface area contributed by atoms with E-state index in [1.165, 1.54) is 15.8 Å². The van der Waals surface area contributed by atoms with E-state index in [9.17, 15) is 9.59 Å². The number of pyridine rings is 1. The normalized spacial score (nSPS) is 16.0. The summed E-state index contributed by atoms with van der Waals surface area (Å²) in [5.74, 6) is 2.16. The molecule has 0 unspecified atom stereocenters. The number of hydrogen-bond acceptors (Lipinski definition) is 6. The third-order valence-electron chi connectivity index (χ3n) is 4.54. The first-order chi connectivity index (χ1) is 14.1. The number of anilines is 1. The number of amides is 2. The Balaban J connectivity index is 1.68. The standard InChI is InChI=1S/C21H28N4O3SSe/c1-12(2)18-17-15(11-25(18)20(27)28-21(3,4)5)29-19(24-17)23-16(26)9-13-7-8-14(30-6)10-22-13/h7-8,10,12,18H,9,11H2,1-6H3,(H,23,24,26)/t18-/m0/s1. The van der Waals surface area contributed by atoms with Crippen molar-refractivity contribution in [2.45, 2.75) is 65.0 Å². The molecule has 3 rings (SSSR count). The van der Waals surface area contributed by atoms with Crippen molar-refractivity contribution < 1.29 is 14.3 Å². The number of carbonyl (C=O) groups excluding carboxylic acids is 2. The zero-order valence-electron chi connectivity index (χ0n) is 18.2. The summed E-state index contributed by atoms with van der Waals surface area (Å²) >= 11 is 1.82. The second-order valence-electron chi connectivity index (χ2n) is 8.54. The van der Waals surface area contributed by atoms with Gasteiger partial charge >= 0.3 is 138 Å². The number of nitrogens with one attached hydrogen (secondary N) is 1. The number of fused-ring (bicyclic) bond motifs is 1. The Kier molecular flexibility index (Phi) is 6.84. The number of rotatable bonds is 5. The van der Waals surface area contributed by atoms with Gasteiger partial charge in [-0.1, -0.05) is 13.8 Å². The number of hydrogen-bond donors (Lipinski definition) is 1. The van der Waals surface area contributed by atoms with Gasteiger partial charge in [-0.3, -0.25) is 0 Å². The Morgan fingerprint density at radius 2 is 2.10 bits per heavy atom. The van der Waals surface area contributed by atoms with Crippen LogP contribution in [0.3, 0.4) is 0 Å². The van der Waals surface area contributed by atoms with E-state index in [0.717, 1.165) is 16.3 Å². The molecule has 0 bridgehead atoms. The molecule has 2 amide bonds. The summed E-state index contributed by atoms with van der Waals surface area (Å²) in [7, 11) is 0. The molecule has 3 heterocycles. The second kappa shape index (κ2) is 9.04. The fourth-order valence-corrected chi connectivity index (χ4v) is 5.08. The molecule has 30 heavy (non-hydrogen) atoms. The maximum atomic E-state index is 12.7. The summed E-state index contributed by atoms with van der Waals surface area (Å²) in [5, 5.41) is 3.45. The molecule has 1 N–H and O–H groups in total. The van der Waals surface area contributed by atoms with Gasteiger partial charge in [-0.2, -0.15) is 0 Å². The molecule has 0 aliphatic carbocycles. The first-order valence-electron chi connectivity index (χ1n) is 9.85. The Morgan fingerprint density at radius 1 is 1.37 bits per heavy atom. The molecule has 0 spiro atoms. The van der Waals surface area contributed by atoms with E-state index >= 15 is 0 Å². The maximum absolute atomic E-state index is 12.7. The summed E-state index contributed by atoms with van der Waals surface area (Å²) in [6.45, 7) is 10.1. The SMILES string of the molecule is C[Se]c1ccc(CC(=O)Nc2nc3c(s2)CN(C(=O)OC(C)(C)C)[C@H]3C(C)C)nc1. The van der Waals surface area contributed by atoms with Crippen LogP contribution >= 0.6 is 11.3 Å². The number of aromatic nitrogens is 2. The van der Waals surface area contributed by atoms with Crippen molar-refractivity contribution in [2.24, 2.45) is 5.92 Å². The molecule has 0 saturated carbocycles. The molecule has 0 aromatic carbocycles. The van der Waals surface area contributed by atoms with E-state index in [-0.39, 0.29) is 30.4 Å². The predicted molar refractivity (Wildman–Crippen MR) is 119 cm³/mol. The van der Waals surface area contributed by atoms with Crippen LogP contribution in [0, 0.1) is 5.92 Å². The van der Waals surface area contributed by atoms with Gasteiger partial charge < -0.3 is 4.74 Å².